The fourth-order valence-corrected chi connectivity index (χ4v) is 4.38. The molecule has 4 nitrogen and oxygen atoms in total. The SMILES string of the molecule is COc1c(C)c2c(c(N)c1-c1[c]c(C(F)(F)F)c(-c3ccccc3Cl)c(C)c1)C(=O)OC2. The first-order chi connectivity index (χ1) is 15.1. The van der Waals surface area contributed by atoms with Crippen molar-refractivity contribution in [3.05, 3.63) is 69.2 Å². The maximum Gasteiger partial charge on any atom is 0.417 e. The molecule has 0 aliphatic carbocycles. The molecule has 1 aliphatic heterocycles. The van der Waals surface area contributed by atoms with Crippen LogP contribution in [-0.2, 0) is 17.5 Å². The predicted octanol–water partition coefficient (Wildman–Crippen LogP) is 6.37. The number of aryl methyl sites for hydroxylation is 1. The van der Waals surface area contributed by atoms with Crippen molar-refractivity contribution >= 4 is 23.3 Å². The molecule has 0 saturated heterocycles. The topological polar surface area (TPSA) is 61.5 Å². The van der Waals surface area contributed by atoms with Crippen LogP contribution in [0.15, 0.2) is 30.3 Å². The molecule has 1 heterocycles. The van der Waals surface area contributed by atoms with Gasteiger partial charge in [0.2, 0.25) is 0 Å². The molecular formula is C24H18ClF3NO3. The average Bonchev–Trinajstić information content (AvgIpc) is 3.12. The summed E-state index contributed by atoms with van der Waals surface area (Å²) in [6, 6.07) is 10.3. The zero-order valence-corrected chi connectivity index (χ0v) is 18.2. The van der Waals surface area contributed by atoms with Crippen molar-refractivity contribution in [3.63, 3.8) is 0 Å². The van der Waals surface area contributed by atoms with Gasteiger partial charge in [-0.2, -0.15) is 13.2 Å². The van der Waals surface area contributed by atoms with Crippen molar-refractivity contribution in [2.75, 3.05) is 12.8 Å². The number of nitrogens with two attached hydrogens (primary N) is 1. The van der Waals surface area contributed by atoms with Gasteiger partial charge in [0.05, 0.1) is 23.9 Å². The zero-order chi connectivity index (χ0) is 23.4. The molecule has 0 aromatic heterocycles. The number of carbonyl (C=O) groups is 1. The van der Waals surface area contributed by atoms with Gasteiger partial charge < -0.3 is 15.2 Å². The van der Waals surface area contributed by atoms with E-state index in [-0.39, 0.29) is 50.9 Å². The van der Waals surface area contributed by atoms with Crippen LogP contribution in [0.2, 0.25) is 5.02 Å². The number of nitrogen functional groups attached to an aromatic ring is 1. The Bertz CT molecular complexity index is 1270. The molecular weight excluding hydrogens is 443 g/mol. The van der Waals surface area contributed by atoms with Gasteiger partial charge in [0, 0.05) is 27.8 Å². The molecule has 1 radical (unpaired) electrons. The van der Waals surface area contributed by atoms with E-state index in [1.54, 1.807) is 26.0 Å². The summed E-state index contributed by atoms with van der Waals surface area (Å²) in [6.07, 6.45) is -4.72. The van der Waals surface area contributed by atoms with Gasteiger partial charge in [0.1, 0.15) is 12.4 Å². The molecule has 0 atom stereocenters. The Kier molecular flexibility index (Phi) is 5.33. The lowest BCUT2D eigenvalue weighted by atomic mass is 9.87. The first-order valence-electron chi connectivity index (χ1n) is 9.61. The minimum atomic E-state index is -4.72. The quantitative estimate of drug-likeness (QED) is 0.364. The lowest BCUT2D eigenvalue weighted by Gasteiger charge is -2.21. The zero-order valence-electron chi connectivity index (χ0n) is 17.4. The molecule has 32 heavy (non-hydrogen) atoms. The average molecular weight is 461 g/mol. The van der Waals surface area contributed by atoms with Crippen LogP contribution < -0.4 is 10.5 Å². The Balaban J connectivity index is 2.07. The van der Waals surface area contributed by atoms with E-state index in [0.29, 0.717) is 16.7 Å². The van der Waals surface area contributed by atoms with Gasteiger partial charge in [-0.25, -0.2) is 4.79 Å². The van der Waals surface area contributed by atoms with E-state index in [2.05, 4.69) is 6.07 Å². The molecule has 3 aromatic rings. The lowest BCUT2D eigenvalue weighted by molar-refractivity contribution is -0.137. The van der Waals surface area contributed by atoms with Crippen molar-refractivity contribution < 1.29 is 27.4 Å². The summed E-state index contributed by atoms with van der Waals surface area (Å²) in [6.45, 7) is 3.30. The van der Waals surface area contributed by atoms with Crippen LogP contribution in [0.4, 0.5) is 18.9 Å². The summed E-state index contributed by atoms with van der Waals surface area (Å²) in [5.74, 6) is -0.348. The molecule has 0 fully saturated rings. The molecule has 0 bridgehead atoms. The van der Waals surface area contributed by atoms with Crippen LogP contribution in [0, 0.1) is 19.9 Å². The van der Waals surface area contributed by atoms with Crippen LogP contribution in [0.25, 0.3) is 22.3 Å². The number of hydrogen-bond donors (Lipinski definition) is 1. The highest BCUT2D eigenvalue weighted by molar-refractivity contribution is 6.33. The van der Waals surface area contributed by atoms with E-state index in [1.165, 1.54) is 25.3 Å². The van der Waals surface area contributed by atoms with Crippen LogP contribution in [0.1, 0.15) is 32.6 Å². The Morgan fingerprint density at radius 2 is 1.84 bits per heavy atom. The molecule has 165 valence electrons. The summed E-state index contributed by atoms with van der Waals surface area (Å²) in [5.41, 5.74) is 7.31. The second-order valence-electron chi connectivity index (χ2n) is 7.47. The van der Waals surface area contributed by atoms with E-state index >= 15 is 0 Å². The molecule has 0 unspecified atom stereocenters. The fourth-order valence-electron chi connectivity index (χ4n) is 4.15. The van der Waals surface area contributed by atoms with E-state index in [9.17, 15) is 18.0 Å². The number of carbonyl (C=O) groups excluding carboxylic acids is 1. The van der Waals surface area contributed by atoms with Crippen LogP contribution in [-0.4, -0.2) is 13.1 Å². The molecule has 2 N–H and O–H groups in total. The van der Waals surface area contributed by atoms with E-state index < -0.39 is 17.7 Å². The normalized spacial score (nSPS) is 13.2. The number of rotatable bonds is 3. The Labute approximate surface area is 187 Å². The highest BCUT2D eigenvalue weighted by Gasteiger charge is 2.37. The summed E-state index contributed by atoms with van der Waals surface area (Å²) in [4.78, 5) is 12.2. The van der Waals surface area contributed by atoms with Crippen molar-refractivity contribution in [3.8, 4) is 28.0 Å². The highest BCUT2D eigenvalue weighted by atomic mass is 35.5. The monoisotopic (exact) mass is 460 g/mol. The van der Waals surface area contributed by atoms with Crippen molar-refractivity contribution in [2.45, 2.75) is 26.6 Å². The third kappa shape index (κ3) is 3.37. The number of ether oxygens (including phenoxy) is 2. The number of anilines is 1. The minimum absolute atomic E-state index is 0.000724. The lowest BCUT2D eigenvalue weighted by Crippen LogP contribution is -2.11. The number of esters is 1. The number of benzene rings is 3. The molecule has 0 saturated carbocycles. The first-order valence-corrected chi connectivity index (χ1v) is 9.99. The van der Waals surface area contributed by atoms with Gasteiger partial charge in [-0.1, -0.05) is 29.8 Å². The Morgan fingerprint density at radius 1 is 1.16 bits per heavy atom. The summed E-state index contributed by atoms with van der Waals surface area (Å²) < 4.78 is 53.1. The number of fused-ring (bicyclic) bond motifs is 1. The fraction of sp³-hybridized carbons (Fsp3) is 0.208. The van der Waals surface area contributed by atoms with Crippen LogP contribution in [0.3, 0.4) is 0 Å². The minimum Gasteiger partial charge on any atom is -0.496 e. The molecule has 4 rings (SSSR count). The van der Waals surface area contributed by atoms with E-state index in [1.807, 2.05) is 0 Å². The Morgan fingerprint density at radius 3 is 2.47 bits per heavy atom. The van der Waals surface area contributed by atoms with E-state index in [4.69, 9.17) is 26.8 Å². The van der Waals surface area contributed by atoms with Crippen molar-refractivity contribution in [1.82, 2.24) is 0 Å². The predicted molar refractivity (Wildman–Crippen MR) is 116 cm³/mol. The highest BCUT2D eigenvalue weighted by Crippen LogP contribution is 2.48. The third-order valence-corrected chi connectivity index (χ3v) is 5.91. The number of alkyl halides is 3. The maximum absolute atomic E-state index is 14.2. The first kappa shape index (κ1) is 22.0. The molecule has 1 aliphatic rings. The van der Waals surface area contributed by atoms with Gasteiger partial charge in [-0.3, -0.25) is 0 Å². The van der Waals surface area contributed by atoms with E-state index in [0.717, 1.165) is 0 Å². The molecule has 0 spiro atoms. The number of halogens is 4. The van der Waals surface area contributed by atoms with Gasteiger partial charge >= 0.3 is 12.1 Å². The second-order valence-corrected chi connectivity index (χ2v) is 7.88. The molecule has 3 aromatic carbocycles. The Hall–Kier alpha value is -3.19. The standard InChI is InChI=1S/C24H18ClF3NO3/c1-11-8-13(9-16(24(26,27)28)18(11)14-6-4-5-7-17(14)25)19-21(29)20-15(10-32-23(20)30)12(2)22(19)31-3/h4-8H,10,29H2,1-3H3. The summed E-state index contributed by atoms with van der Waals surface area (Å²) in [5, 5.41) is 0.190. The van der Waals surface area contributed by atoms with Crippen LogP contribution >= 0.6 is 11.6 Å². The van der Waals surface area contributed by atoms with Gasteiger partial charge in [-0.05, 0) is 48.2 Å². The molecule has 0 amide bonds. The summed E-state index contributed by atoms with van der Waals surface area (Å²) >= 11 is 6.21. The van der Waals surface area contributed by atoms with Gasteiger partial charge in [0.25, 0.3) is 0 Å². The maximum atomic E-state index is 14.2. The second kappa shape index (κ2) is 7.74. The number of hydrogen-bond acceptors (Lipinski definition) is 4. The van der Waals surface area contributed by atoms with Crippen molar-refractivity contribution in [1.29, 1.82) is 0 Å². The number of cyclic esters (lactones) is 1. The van der Waals surface area contributed by atoms with Gasteiger partial charge in [-0.15, -0.1) is 0 Å². The van der Waals surface area contributed by atoms with Gasteiger partial charge in [0.15, 0.2) is 0 Å². The van der Waals surface area contributed by atoms with Crippen LogP contribution in [0.5, 0.6) is 5.75 Å². The molecule has 8 heteroatoms. The third-order valence-electron chi connectivity index (χ3n) is 5.58. The largest absolute Gasteiger partial charge is 0.496 e. The number of methoxy groups -OCH3 is 1. The van der Waals surface area contributed by atoms with Crippen molar-refractivity contribution in [2.24, 2.45) is 0 Å². The summed E-state index contributed by atoms with van der Waals surface area (Å²) in [7, 11) is 1.39. The smallest absolute Gasteiger partial charge is 0.417 e.